The molecule has 0 bridgehead atoms. The fraction of sp³-hybridized carbons (Fsp3) is 0.538. The quantitative estimate of drug-likeness (QED) is 0.508. The van der Waals surface area contributed by atoms with Crippen LogP contribution in [0.5, 0.6) is 0 Å². The van der Waals surface area contributed by atoms with E-state index in [1.165, 1.54) is 0 Å². The van der Waals surface area contributed by atoms with Gasteiger partial charge in [0.25, 0.3) is 0 Å². The smallest absolute Gasteiger partial charge is 0.301 e. The second-order valence-corrected chi connectivity index (χ2v) is 7.79. The molecule has 1 atom stereocenters. The highest BCUT2D eigenvalue weighted by Crippen LogP contribution is 2.52. The van der Waals surface area contributed by atoms with Gasteiger partial charge in [-0.2, -0.15) is 0 Å². The predicted octanol–water partition coefficient (Wildman–Crippen LogP) is 3.65. The van der Waals surface area contributed by atoms with Gasteiger partial charge in [0.1, 0.15) is 0 Å². The van der Waals surface area contributed by atoms with E-state index in [9.17, 15) is 4.57 Å². The summed E-state index contributed by atoms with van der Waals surface area (Å²) in [5.41, 5.74) is 0.978. The minimum Gasteiger partial charge on any atom is -0.301 e. The van der Waals surface area contributed by atoms with Crippen LogP contribution in [0.3, 0.4) is 0 Å². The van der Waals surface area contributed by atoms with Crippen molar-refractivity contribution in [2.24, 2.45) is 0 Å². The first-order chi connectivity index (χ1) is 9.54. The Balaban J connectivity index is 2.82. The van der Waals surface area contributed by atoms with Crippen LogP contribution in [0.25, 0.3) is 0 Å². The van der Waals surface area contributed by atoms with Crippen molar-refractivity contribution >= 4 is 30.9 Å². The largest absolute Gasteiger partial charge is 0.345 e. The van der Waals surface area contributed by atoms with Gasteiger partial charge in [0.15, 0.2) is 0 Å². The summed E-state index contributed by atoms with van der Waals surface area (Å²) < 4.78 is 22.1. The number of rotatable bonds is 9. The summed E-state index contributed by atoms with van der Waals surface area (Å²) in [5.74, 6) is 0.757. The van der Waals surface area contributed by atoms with Crippen molar-refractivity contribution in [3.63, 3.8) is 0 Å². The summed E-state index contributed by atoms with van der Waals surface area (Å²) in [7, 11) is 0.373. The minimum absolute atomic E-state index is 0.289. The molecule has 0 aliphatic carbocycles. The fourth-order valence-electron chi connectivity index (χ4n) is 1.74. The van der Waals surface area contributed by atoms with E-state index in [-0.39, 0.29) is 6.61 Å². The molecule has 1 rings (SSSR count). The van der Waals surface area contributed by atoms with E-state index in [0.29, 0.717) is 24.8 Å². The van der Waals surface area contributed by atoms with Gasteiger partial charge in [-0.15, -0.1) is 23.2 Å². The van der Waals surface area contributed by atoms with Crippen molar-refractivity contribution < 1.29 is 9.09 Å². The van der Waals surface area contributed by atoms with Crippen LogP contribution in [0, 0.1) is 0 Å². The first-order valence-corrected chi connectivity index (χ1v) is 8.98. The molecule has 1 unspecified atom stereocenters. The van der Waals surface area contributed by atoms with Gasteiger partial charge in [-0.3, -0.25) is 4.57 Å². The molecule has 0 aliphatic heterocycles. The number of benzene rings is 1. The number of nitrogens with zero attached hydrogens (tertiary/aromatic N) is 2. The van der Waals surface area contributed by atoms with Crippen molar-refractivity contribution in [3.05, 3.63) is 35.9 Å². The second-order valence-electron chi connectivity index (χ2n) is 4.43. The van der Waals surface area contributed by atoms with Crippen molar-refractivity contribution in [2.45, 2.75) is 6.61 Å². The summed E-state index contributed by atoms with van der Waals surface area (Å²) >= 11 is 11.6. The lowest BCUT2D eigenvalue weighted by molar-refractivity contribution is 0.222. The van der Waals surface area contributed by atoms with E-state index in [4.69, 9.17) is 27.7 Å². The Kier molecular flexibility index (Phi) is 8.11. The lowest BCUT2D eigenvalue weighted by atomic mass is 10.2. The van der Waals surface area contributed by atoms with Crippen LogP contribution in [0.1, 0.15) is 5.56 Å². The summed E-state index contributed by atoms with van der Waals surface area (Å²) in [6.07, 6.45) is 0. The van der Waals surface area contributed by atoms with Gasteiger partial charge in [0, 0.05) is 24.8 Å². The molecule has 1 aromatic rings. The van der Waals surface area contributed by atoms with Crippen LogP contribution >= 0.6 is 30.9 Å². The topological polar surface area (TPSA) is 32.8 Å². The predicted molar refractivity (Wildman–Crippen MR) is 85.5 cm³/mol. The Labute approximate surface area is 131 Å². The van der Waals surface area contributed by atoms with Crippen LogP contribution in [0.15, 0.2) is 30.3 Å². The molecule has 7 heteroatoms. The van der Waals surface area contributed by atoms with Crippen LogP contribution in [0.4, 0.5) is 0 Å². The van der Waals surface area contributed by atoms with E-state index < -0.39 is 7.67 Å². The van der Waals surface area contributed by atoms with Gasteiger partial charge in [-0.05, 0) is 19.7 Å². The zero-order valence-corrected chi connectivity index (χ0v) is 14.2. The normalized spacial score (nSPS) is 14.7. The van der Waals surface area contributed by atoms with Gasteiger partial charge in [-0.1, -0.05) is 30.3 Å². The summed E-state index contributed by atoms with van der Waals surface area (Å²) in [4.78, 5) is 0. The van der Waals surface area contributed by atoms with Crippen molar-refractivity contribution in [1.82, 2.24) is 9.34 Å². The number of hydrogen-bond donors (Lipinski definition) is 0. The van der Waals surface area contributed by atoms with Gasteiger partial charge in [0.2, 0.25) is 0 Å². The maximum Gasteiger partial charge on any atom is 0.345 e. The van der Waals surface area contributed by atoms with E-state index in [2.05, 4.69) is 0 Å². The molecule has 0 amide bonds. The van der Waals surface area contributed by atoms with E-state index in [1.54, 1.807) is 23.4 Å². The molecule has 4 nitrogen and oxygen atoms in total. The van der Waals surface area contributed by atoms with E-state index in [0.717, 1.165) is 5.56 Å². The average molecular weight is 339 g/mol. The number of hydrogen-bond acceptors (Lipinski definition) is 2. The average Bonchev–Trinajstić information content (AvgIpc) is 2.45. The lowest BCUT2D eigenvalue weighted by Crippen LogP contribution is -2.32. The maximum atomic E-state index is 13.1. The van der Waals surface area contributed by atoms with Crippen LogP contribution < -0.4 is 0 Å². The maximum absolute atomic E-state index is 13.1. The summed E-state index contributed by atoms with van der Waals surface area (Å²) in [6, 6.07) is 9.66. The number of halogens is 2. The Hall–Kier alpha value is -0.0900. The van der Waals surface area contributed by atoms with E-state index >= 15 is 0 Å². The molecule has 0 radical (unpaired) electrons. The Morgan fingerprint density at radius 1 is 1.10 bits per heavy atom. The highest BCUT2D eigenvalue weighted by atomic mass is 35.5. The van der Waals surface area contributed by atoms with Crippen molar-refractivity contribution in [1.29, 1.82) is 0 Å². The first kappa shape index (κ1) is 18.0. The first-order valence-electron chi connectivity index (χ1n) is 6.38. The van der Waals surface area contributed by atoms with Crippen LogP contribution in [-0.4, -0.2) is 48.3 Å². The molecule has 0 fully saturated rings. The third-order valence-electron chi connectivity index (χ3n) is 2.79. The monoisotopic (exact) mass is 338 g/mol. The Bertz CT molecular complexity index is 426. The summed E-state index contributed by atoms with van der Waals surface area (Å²) in [5, 5.41) is 0. The summed E-state index contributed by atoms with van der Waals surface area (Å²) in [6.45, 7) is 1.23. The molecule has 0 aromatic heterocycles. The molecule has 0 N–H and O–H groups in total. The molecular weight excluding hydrogens is 318 g/mol. The molecule has 20 heavy (non-hydrogen) atoms. The molecule has 1 aromatic carbocycles. The standard InChI is InChI=1S/C13H21Cl2N2O2P/c1-16(2)20(18,17(10-8-14)11-9-15)19-12-13-6-4-3-5-7-13/h3-7H,8-12H2,1-2H3. The molecule has 0 spiro atoms. The molecule has 0 saturated heterocycles. The number of alkyl halides is 2. The highest BCUT2D eigenvalue weighted by Gasteiger charge is 2.34. The molecule has 0 heterocycles. The second kappa shape index (κ2) is 9.04. The zero-order chi connectivity index (χ0) is 15.0. The minimum atomic E-state index is -3.10. The van der Waals surface area contributed by atoms with Crippen LogP contribution in [0.2, 0.25) is 0 Å². The SMILES string of the molecule is CN(C)P(=O)(OCc1ccccc1)N(CCCl)CCCl. The molecule has 0 aliphatic rings. The van der Waals surface area contributed by atoms with Gasteiger partial charge < -0.3 is 4.52 Å². The third-order valence-corrected chi connectivity index (χ3v) is 5.72. The highest BCUT2D eigenvalue weighted by molar-refractivity contribution is 7.53. The Morgan fingerprint density at radius 3 is 2.10 bits per heavy atom. The van der Waals surface area contributed by atoms with Crippen LogP contribution in [-0.2, 0) is 15.7 Å². The van der Waals surface area contributed by atoms with Gasteiger partial charge in [0.05, 0.1) is 6.61 Å². The van der Waals surface area contributed by atoms with Gasteiger partial charge >= 0.3 is 7.67 Å². The van der Waals surface area contributed by atoms with Crippen molar-refractivity contribution in [3.8, 4) is 0 Å². The van der Waals surface area contributed by atoms with E-state index in [1.807, 2.05) is 30.3 Å². The fourth-order valence-corrected chi connectivity index (χ4v) is 4.31. The molecular formula is C13H21Cl2N2O2P. The third kappa shape index (κ3) is 5.03. The molecule has 114 valence electrons. The van der Waals surface area contributed by atoms with Crippen molar-refractivity contribution in [2.75, 3.05) is 38.9 Å². The van der Waals surface area contributed by atoms with Gasteiger partial charge in [-0.25, -0.2) is 9.34 Å². The molecule has 0 saturated carbocycles. The lowest BCUT2D eigenvalue weighted by Gasteiger charge is -2.34. The zero-order valence-electron chi connectivity index (χ0n) is 11.8. The Morgan fingerprint density at radius 2 is 1.65 bits per heavy atom.